The molecule has 0 saturated carbocycles. The molecule has 0 unspecified atom stereocenters. The molecule has 0 aliphatic carbocycles. The van der Waals surface area contributed by atoms with Crippen LogP contribution >= 0.6 is 0 Å². The topological polar surface area (TPSA) is 116 Å². The van der Waals surface area contributed by atoms with E-state index < -0.39 is 0 Å². The minimum atomic E-state index is -0.340. The highest BCUT2D eigenvalue weighted by Gasteiger charge is 2.31. The molecule has 34 heavy (non-hydrogen) atoms. The van der Waals surface area contributed by atoms with E-state index in [0.29, 0.717) is 40.6 Å². The van der Waals surface area contributed by atoms with Crippen LogP contribution in [0.25, 0.3) is 11.1 Å². The highest BCUT2D eigenvalue weighted by molar-refractivity contribution is 5.92. The molecule has 0 radical (unpaired) electrons. The predicted octanol–water partition coefficient (Wildman–Crippen LogP) is 2.81. The molecule has 10 heteroatoms. The summed E-state index contributed by atoms with van der Waals surface area (Å²) in [4.78, 5) is 17.8. The summed E-state index contributed by atoms with van der Waals surface area (Å²) in [6, 6.07) is 8.04. The second-order valence-electron chi connectivity index (χ2n) is 8.36. The van der Waals surface area contributed by atoms with Crippen molar-refractivity contribution in [2.24, 2.45) is 0 Å². The molecule has 3 N–H and O–H groups in total. The quantitative estimate of drug-likeness (QED) is 0.409. The average molecular weight is 462 g/mol. The van der Waals surface area contributed by atoms with E-state index in [2.05, 4.69) is 10.3 Å². The Kier molecular flexibility index (Phi) is 5.27. The van der Waals surface area contributed by atoms with Gasteiger partial charge in [-0.3, -0.25) is 25.2 Å². The second-order valence-corrected chi connectivity index (χ2v) is 8.36. The molecule has 5 rings (SSSR count). The lowest BCUT2D eigenvalue weighted by Gasteiger charge is -2.19. The summed E-state index contributed by atoms with van der Waals surface area (Å²) in [6.45, 7) is 0.794. The zero-order valence-electron chi connectivity index (χ0n) is 18.7. The van der Waals surface area contributed by atoms with Crippen LogP contribution in [0.1, 0.15) is 27.5 Å². The van der Waals surface area contributed by atoms with Gasteiger partial charge in [-0.25, -0.2) is 4.39 Å². The standard InChI is InChI=1S/C24H23FN6O3/c1-30(2)24(32)18-5-3-13(8-28-18)15-7-20-23(31(12-26)22(15)27)29-9-16-17(25)4-6-19-21(16)14(10-33-19)11-34-20/h3-8,12,14,26-27,29H,9-11H2,1-2H3/t14-/m1/s1. The Morgan fingerprint density at radius 2 is 2.00 bits per heavy atom. The van der Waals surface area contributed by atoms with E-state index >= 15 is 0 Å². The molecule has 0 fully saturated rings. The summed E-state index contributed by atoms with van der Waals surface area (Å²) in [6.07, 6.45) is 2.53. The molecule has 0 bridgehead atoms. The van der Waals surface area contributed by atoms with Gasteiger partial charge < -0.3 is 19.7 Å². The monoisotopic (exact) mass is 462 g/mol. The Hall–Kier alpha value is -4.21. The number of rotatable bonds is 3. The summed E-state index contributed by atoms with van der Waals surface area (Å²) >= 11 is 0. The number of carbonyl (C=O) groups is 1. The van der Waals surface area contributed by atoms with Gasteiger partial charge in [-0.2, -0.15) is 0 Å². The highest BCUT2D eigenvalue weighted by atomic mass is 19.1. The Morgan fingerprint density at radius 3 is 2.68 bits per heavy atom. The smallest absolute Gasteiger partial charge is 0.271 e. The van der Waals surface area contributed by atoms with Crippen molar-refractivity contribution in [2.45, 2.75) is 12.5 Å². The summed E-state index contributed by atoms with van der Waals surface area (Å²) in [5.74, 6) is 0.752. The largest absolute Gasteiger partial charge is 0.493 e. The number of amides is 1. The second kappa shape index (κ2) is 8.29. The first-order valence-corrected chi connectivity index (χ1v) is 10.7. The molecular weight excluding hydrogens is 439 g/mol. The number of ether oxygens (including phenoxy) is 2. The zero-order chi connectivity index (χ0) is 24.0. The van der Waals surface area contributed by atoms with Crippen LogP contribution in [0.15, 0.2) is 36.5 Å². The highest BCUT2D eigenvalue weighted by Crippen LogP contribution is 2.40. The summed E-state index contributed by atoms with van der Waals surface area (Å²) in [5, 5.41) is 19.8. The maximum Gasteiger partial charge on any atom is 0.271 e. The molecule has 9 nitrogen and oxygen atoms in total. The van der Waals surface area contributed by atoms with E-state index in [4.69, 9.17) is 20.3 Å². The Balaban J connectivity index is 1.58. The molecular formula is C24H23FN6O3. The van der Waals surface area contributed by atoms with E-state index in [-0.39, 0.29) is 42.0 Å². The van der Waals surface area contributed by atoms with Gasteiger partial charge in [-0.1, -0.05) is 6.07 Å². The number of fused-ring (bicyclic) bond motifs is 1. The van der Waals surface area contributed by atoms with Crippen LogP contribution in [0.5, 0.6) is 11.5 Å². The molecule has 1 atom stereocenters. The van der Waals surface area contributed by atoms with Gasteiger partial charge in [0.25, 0.3) is 5.91 Å². The van der Waals surface area contributed by atoms with Crippen LogP contribution in [-0.4, -0.2) is 54.0 Å². The molecule has 174 valence electrons. The zero-order valence-corrected chi connectivity index (χ0v) is 18.7. The van der Waals surface area contributed by atoms with E-state index in [1.807, 2.05) is 0 Å². The number of anilines is 1. The third-order valence-corrected chi connectivity index (χ3v) is 6.06. The fourth-order valence-corrected chi connectivity index (χ4v) is 4.31. The van der Waals surface area contributed by atoms with Crippen molar-refractivity contribution in [3.8, 4) is 22.6 Å². The molecule has 2 aliphatic heterocycles. The van der Waals surface area contributed by atoms with Gasteiger partial charge in [-0.15, -0.1) is 0 Å². The molecule has 0 saturated heterocycles. The Labute approximate surface area is 194 Å². The van der Waals surface area contributed by atoms with Crippen molar-refractivity contribution in [3.05, 3.63) is 64.7 Å². The SMILES string of the molecule is CN(C)C(=O)c1ccc(-c2cc3c(n(C=N)c2=N)NCc2c(F)ccc4c2[C@H](CO4)CO3)cn1. The number of nitrogens with zero attached hydrogens (tertiary/aromatic N) is 3. The lowest BCUT2D eigenvalue weighted by atomic mass is 9.96. The van der Waals surface area contributed by atoms with Crippen molar-refractivity contribution in [2.75, 3.05) is 32.6 Å². The number of halogens is 1. The Morgan fingerprint density at radius 1 is 1.24 bits per heavy atom. The van der Waals surface area contributed by atoms with Crippen LogP contribution < -0.4 is 20.3 Å². The van der Waals surface area contributed by atoms with Gasteiger partial charge in [0, 0.05) is 49.1 Å². The van der Waals surface area contributed by atoms with E-state index in [1.54, 1.807) is 38.4 Å². The van der Waals surface area contributed by atoms with Gasteiger partial charge in [0.05, 0.1) is 25.5 Å². The first-order valence-electron chi connectivity index (χ1n) is 10.7. The van der Waals surface area contributed by atoms with Crippen LogP contribution in [0.3, 0.4) is 0 Å². The van der Waals surface area contributed by atoms with Crippen LogP contribution in [-0.2, 0) is 6.54 Å². The summed E-state index contributed by atoms with van der Waals surface area (Å²) in [7, 11) is 3.30. The van der Waals surface area contributed by atoms with Crippen molar-refractivity contribution in [1.82, 2.24) is 14.5 Å². The maximum absolute atomic E-state index is 14.7. The van der Waals surface area contributed by atoms with E-state index in [0.717, 1.165) is 11.9 Å². The minimum Gasteiger partial charge on any atom is -0.493 e. The molecule has 2 aromatic heterocycles. The fourth-order valence-electron chi connectivity index (χ4n) is 4.31. The van der Waals surface area contributed by atoms with Gasteiger partial charge >= 0.3 is 0 Å². The molecule has 0 spiro atoms. The van der Waals surface area contributed by atoms with Gasteiger partial charge in [0.1, 0.15) is 22.7 Å². The third kappa shape index (κ3) is 3.47. The number of pyridine rings is 2. The first-order chi connectivity index (χ1) is 16.4. The number of carbonyl (C=O) groups excluding carboxylic acids is 1. The maximum atomic E-state index is 14.7. The molecule has 1 amide bonds. The molecule has 3 aromatic rings. The summed E-state index contributed by atoms with van der Waals surface area (Å²) in [5.41, 5.74) is 2.68. The Bertz CT molecular complexity index is 1370. The number of nitrogens with one attached hydrogen (secondary N) is 3. The van der Waals surface area contributed by atoms with E-state index in [9.17, 15) is 9.18 Å². The van der Waals surface area contributed by atoms with Crippen LogP contribution in [0, 0.1) is 16.6 Å². The normalized spacial score (nSPS) is 15.9. The van der Waals surface area contributed by atoms with Gasteiger partial charge in [-0.05, 0) is 24.3 Å². The average Bonchev–Trinajstić information content (AvgIpc) is 3.27. The molecule has 1 aromatic carbocycles. The summed E-state index contributed by atoms with van der Waals surface area (Å²) < 4.78 is 27.9. The van der Waals surface area contributed by atoms with Gasteiger partial charge in [0.15, 0.2) is 11.6 Å². The predicted molar refractivity (Wildman–Crippen MR) is 123 cm³/mol. The lowest BCUT2D eigenvalue weighted by Crippen LogP contribution is -2.26. The first kappa shape index (κ1) is 21.6. The van der Waals surface area contributed by atoms with Crippen LogP contribution in [0.2, 0.25) is 0 Å². The van der Waals surface area contributed by atoms with Crippen molar-refractivity contribution < 1.29 is 18.7 Å². The molecule has 4 heterocycles. The minimum absolute atomic E-state index is 0.0269. The van der Waals surface area contributed by atoms with Crippen LogP contribution in [0.4, 0.5) is 10.2 Å². The number of benzene rings is 1. The third-order valence-electron chi connectivity index (χ3n) is 6.06. The number of aromatic nitrogens is 2. The molecule has 2 aliphatic rings. The van der Waals surface area contributed by atoms with Crippen molar-refractivity contribution >= 4 is 18.1 Å². The lowest BCUT2D eigenvalue weighted by molar-refractivity contribution is 0.0822. The van der Waals surface area contributed by atoms with E-state index in [1.165, 1.54) is 21.7 Å². The fraction of sp³-hybridized carbons (Fsp3) is 0.250. The van der Waals surface area contributed by atoms with Crippen molar-refractivity contribution in [1.29, 1.82) is 10.8 Å². The number of hydrogen-bond acceptors (Lipinski definition) is 7. The van der Waals surface area contributed by atoms with Gasteiger partial charge in [0.2, 0.25) is 0 Å². The van der Waals surface area contributed by atoms with Crippen molar-refractivity contribution in [3.63, 3.8) is 0 Å². The number of hydrogen-bond donors (Lipinski definition) is 3.